The molecule has 1 aromatic carbocycles. The first-order chi connectivity index (χ1) is 7.60. The van der Waals surface area contributed by atoms with Crippen LogP contribution in [-0.4, -0.2) is 29.4 Å². The summed E-state index contributed by atoms with van der Waals surface area (Å²) < 4.78 is 0. The summed E-state index contributed by atoms with van der Waals surface area (Å²) in [5.74, 6) is 0.904. The zero-order valence-corrected chi connectivity index (χ0v) is 10.7. The first kappa shape index (κ1) is 14.9. The van der Waals surface area contributed by atoms with E-state index < -0.39 is 0 Å². The molecule has 0 aliphatic carbocycles. The minimum absolute atomic E-state index is 0.167. The maximum absolute atomic E-state index is 8.06. The van der Waals surface area contributed by atoms with Crippen LogP contribution in [0.2, 0.25) is 0 Å². The molecule has 0 aliphatic heterocycles. The number of hydroxylamine groups is 2. The van der Waals surface area contributed by atoms with Crippen LogP contribution in [-0.2, 0) is 0 Å². The van der Waals surface area contributed by atoms with Crippen molar-refractivity contribution >= 4 is 0 Å². The Bertz CT molecular complexity index is 243. The summed E-state index contributed by atoms with van der Waals surface area (Å²) >= 11 is 0. The molecule has 0 saturated heterocycles. The minimum Gasteiger partial charge on any atom is -0.406 e. The molecule has 0 heterocycles. The molecule has 0 radical (unpaired) electrons. The van der Waals surface area contributed by atoms with E-state index in [9.17, 15) is 0 Å². The molecular formula is C13H23NO2. The predicted octanol–water partition coefficient (Wildman–Crippen LogP) is 2.71. The largest absolute Gasteiger partial charge is 0.406 e. The highest BCUT2D eigenvalue weighted by Gasteiger charge is 1.99. The highest BCUT2D eigenvalue weighted by Crippen LogP contribution is 2.09. The van der Waals surface area contributed by atoms with Gasteiger partial charge in [0.25, 0.3) is 0 Å². The van der Waals surface area contributed by atoms with Crippen LogP contribution in [0.1, 0.15) is 27.7 Å². The van der Waals surface area contributed by atoms with Gasteiger partial charge in [0.2, 0.25) is 0 Å². The van der Waals surface area contributed by atoms with E-state index in [-0.39, 0.29) is 6.10 Å². The molecular weight excluding hydrogens is 202 g/mol. The van der Waals surface area contributed by atoms with Gasteiger partial charge in [-0.15, -0.1) is 5.06 Å². The van der Waals surface area contributed by atoms with Crippen molar-refractivity contribution in [3.63, 3.8) is 0 Å². The highest BCUT2D eigenvalue weighted by molar-refractivity contribution is 5.20. The average Bonchev–Trinajstić information content (AvgIpc) is 2.26. The van der Waals surface area contributed by atoms with E-state index in [1.807, 2.05) is 35.4 Å². The van der Waals surface area contributed by atoms with Crippen LogP contribution in [0.25, 0.3) is 0 Å². The quantitative estimate of drug-likeness (QED) is 0.800. The molecule has 0 bridgehead atoms. The third-order valence-corrected chi connectivity index (χ3v) is 1.68. The number of rotatable bonds is 4. The van der Waals surface area contributed by atoms with Gasteiger partial charge in [0.1, 0.15) is 5.75 Å². The number of para-hydroxylation sites is 1. The van der Waals surface area contributed by atoms with Gasteiger partial charge in [0, 0.05) is 19.2 Å². The van der Waals surface area contributed by atoms with E-state index in [1.54, 1.807) is 13.8 Å². The Morgan fingerprint density at radius 2 is 1.56 bits per heavy atom. The molecule has 3 nitrogen and oxygen atoms in total. The predicted molar refractivity (Wildman–Crippen MR) is 67.3 cm³/mol. The second kappa shape index (κ2) is 9.19. The first-order valence-corrected chi connectivity index (χ1v) is 5.76. The molecule has 0 saturated carbocycles. The topological polar surface area (TPSA) is 32.7 Å². The summed E-state index contributed by atoms with van der Waals surface area (Å²) in [5.41, 5.74) is 0. The number of benzene rings is 1. The lowest BCUT2D eigenvalue weighted by molar-refractivity contribution is -0.0486. The summed E-state index contributed by atoms with van der Waals surface area (Å²) in [6.07, 6.45) is -0.167. The Balaban J connectivity index is 0.000000487. The maximum atomic E-state index is 8.06. The van der Waals surface area contributed by atoms with Crippen molar-refractivity contribution in [2.24, 2.45) is 0 Å². The van der Waals surface area contributed by atoms with Crippen LogP contribution >= 0.6 is 0 Å². The fourth-order valence-corrected chi connectivity index (χ4v) is 0.983. The molecule has 0 amide bonds. The summed E-state index contributed by atoms with van der Waals surface area (Å²) in [6.45, 7) is 9.41. The van der Waals surface area contributed by atoms with Gasteiger partial charge >= 0.3 is 0 Å². The Labute approximate surface area is 98.6 Å². The minimum atomic E-state index is -0.167. The van der Waals surface area contributed by atoms with Gasteiger partial charge in [-0.2, -0.15) is 0 Å². The lowest BCUT2D eigenvalue weighted by atomic mass is 10.3. The van der Waals surface area contributed by atoms with E-state index in [0.717, 1.165) is 18.8 Å². The average molecular weight is 225 g/mol. The molecule has 3 heteroatoms. The normalized spacial score (nSPS) is 9.94. The molecule has 16 heavy (non-hydrogen) atoms. The summed E-state index contributed by atoms with van der Waals surface area (Å²) in [5, 5.41) is 9.97. The lowest BCUT2D eigenvalue weighted by Crippen LogP contribution is -2.26. The number of hydrogen-bond acceptors (Lipinski definition) is 3. The molecule has 1 rings (SSSR count). The fourth-order valence-electron chi connectivity index (χ4n) is 0.983. The molecule has 0 aliphatic rings. The summed E-state index contributed by atoms with van der Waals surface area (Å²) in [4.78, 5) is 5.55. The molecule has 1 N–H and O–H groups in total. The highest BCUT2D eigenvalue weighted by atomic mass is 16.7. The second-order valence-electron chi connectivity index (χ2n) is 3.61. The fraction of sp³-hybridized carbons (Fsp3) is 0.538. The van der Waals surface area contributed by atoms with E-state index >= 15 is 0 Å². The van der Waals surface area contributed by atoms with Crippen LogP contribution in [0.4, 0.5) is 0 Å². The molecule has 92 valence electrons. The van der Waals surface area contributed by atoms with Crippen LogP contribution in [0, 0.1) is 0 Å². The van der Waals surface area contributed by atoms with Gasteiger partial charge in [-0.1, -0.05) is 18.2 Å². The molecule has 0 fully saturated rings. The zero-order chi connectivity index (χ0) is 12.4. The van der Waals surface area contributed by atoms with Gasteiger partial charge in [0.15, 0.2) is 0 Å². The van der Waals surface area contributed by atoms with Crippen LogP contribution in [0.5, 0.6) is 5.75 Å². The maximum Gasteiger partial charge on any atom is 0.147 e. The van der Waals surface area contributed by atoms with Gasteiger partial charge in [-0.05, 0) is 39.8 Å². The number of nitrogens with zero attached hydrogens (tertiary/aromatic N) is 1. The Kier molecular flexibility index (Phi) is 8.58. The Morgan fingerprint density at radius 1 is 1.12 bits per heavy atom. The van der Waals surface area contributed by atoms with Gasteiger partial charge in [-0.25, -0.2) is 0 Å². The second-order valence-corrected chi connectivity index (χ2v) is 3.61. The third-order valence-electron chi connectivity index (χ3n) is 1.68. The van der Waals surface area contributed by atoms with Crippen molar-refractivity contribution in [2.45, 2.75) is 33.8 Å². The van der Waals surface area contributed by atoms with Crippen LogP contribution in [0.3, 0.4) is 0 Å². The molecule has 1 aromatic rings. The zero-order valence-electron chi connectivity index (χ0n) is 10.7. The van der Waals surface area contributed by atoms with Crippen molar-refractivity contribution in [3.05, 3.63) is 30.3 Å². The van der Waals surface area contributed by atoms with Gasteiger partial charge in [-0.3, -0.25) is 0 Å². The van der Waals surface area contributed by atoms with Crippen molar-refractivity contribution < 1.29 is 9.94 Å². The molecule has 0 spiro atoms. The van der Waals surface area contributed by atoms with Crippen molar-refractivity contribution in [2.75, 3.05) is 13.1 Å². The summed E-state index contributed by atoms with van der Waals surface area (Å²) in [7, 11) is 0. The van der Waals surface area contributed by atoms with E-state index in [2.05, 4.69) is 13.8 Å². The van der Waals surface area contributed by atoms with Crippen LogP contribution < -0.4 is 4.84 Å². The number of aliphatic hydroxyl groups excluding tert-OH is 1. The molecule has 0 aromatic heterocycles. The third kappa shape index (κ3) is 8.26. The van der Waals surface area contributed by atoms with Crippen molar-refractivity contribution in [3.8, 4) is 5.75 Å². The smallest absolute Gasteiger partial charge is 0.147 e. The van der Waals surface area contributed by atoms with Crippen LogP contribution in [0.15, 0.2) is 30.3 Å². The molecule has 0 unspecified atom stereocenters. The van der Waals surface area contributed by atoms with Crippen molar-refractivity contribution in [1.82, 2.24) is 5.06 Å². The van der Waals surface area contributed by atoms with Gasteiger partial charge in [0.05, 0.1) is 0 Å². The first-order valence-electron chi connectivity index (χ1n) is 5.76. The lowest BCUT2D eigenvalue weighted by Gasteiger charge is -2.18. The monoisotopic (exact) mass is 225 g/mol. The van der Waals surface area contributed by atoms with E-state index in [4.69, 9.17) is 9.94 Å². The SMILES string of the molecule is CC(C)O.CCN(CC)Oc1ccccc1. The number of aliphatic hydroxyl groups is 1. The molecule has 0 atom stereocenters. The van der Waals surface area contributed by atoms with Gasteiger partial charge < -0.3 is 9.94 Å². The van der Waals surface area contributed by atoms with Crippen molar-refractivity contribution in [1.29, 1.82) is 0 Å². The Hall–Kier alpha value is -1.06. The van der Waals surface area contributed by atoms with E-state index in [1.165, 1.54) is 0 Å². The summed E-state index contributed by atoms with van der Waals surface area (Å²) in [6, 6.07) is 9.84. The van der Waals surface area contributed by atoms with E-state index in [0.29, 0.717) is 0 Å². The standard InChI is InChI=1S/C10H15NO.C3H8O/c1-3-11(4-2)12-10-8-6-5-7-9-10;1-3(2)4/h5-9H,3-4H2,1-2H3;3-4H,1-2H3. The Morgan fingerprint density at radius 3 is 1.94 bits per heavy atom. The number of hydrogen-bond donors (Lipinski definition) is 1.